The van der Waals surface area contributed by atoms with Crippen LogP contribution < -0.4 is 0 Å². The van der Waals surface area contributed by atoms with Crippen LogP contribution in [0, 0.1) is 13.8 Å². The third kappa shape index (κ3) is 3.07. The lowest BCUT2D eigenvalue weighted by Crippen LogP contribution is -2.35. The van der Waals surface area contributed by atoms with E-state index < -0.39 is 0 Å². The third-order valence-corrected chi connectivity index (χ3v) is 5.34. The minimum absolute atomic E-state index is 0.260. The molecule has 0 unspecified atom stereocenters. The highest BCUT2D eigenvalue weighted by atomic mass is 16.2. The average Bonchev–Trinajstić information content (AvgIpc) is 2.98. The van der Waals surface area contributed by atoms with Crippen molar-refractivity contribution >= 4 is 16.8 Å². The lowest BCUT2D eigenvalue weighted by molar-refractivity contribution is -0.132. The second kappa shape index (κ2) is 6.40. The summed E-state index contributed by atoms with van der Waals surface area (Å²) in [4.78, 5) is 18.3. The van der Waals surface area contributed by atoms with Crippen molar-refractivity contribution in [1.82, 2.24) is 9.88 Å². The van der Waals surface area contributed by atoms with E-state index in [2.05, 4.69) is 61.3 Å². The van der Waals surface area contributed by atoms with Gasteiger partial charge in [0, 0.05) is 48.1 Å². The summed E-state index contributed by atoms with van der Waals surface area (Å²) in [6, 6.07) is 14.9. The van der Waals surface area contributed by atoms with Gasteiger partial charge in [-0.25, -0.2) is 0 Å². The molecule has 0 atom stereocenters. The molecule has 3 heteroatoms. The third-order valence-electron chi connectivity index (χ3n) is 5.34. The molecule has 1 amide bonds. The minimum Gasteiger partial charge on any atom is -0.358 e. The molecule has 0 aliphatic carbocycles. The molecule has 1 aliphatic heterocycles. The van der Waals surface area contributed by atoms with Crippen molar-refractivity contribution in [2.24, 2.45) is 0 Å². The van der Waals surface area contributed by atoms with Gasteiger partial charge in [-0.1, -0.05) is 42.0 Å². The molecule has 0 fully saturated rings. The first-order valence-electron chi connectivity index (χ1n) is 9.04. The number of aromatic amines is 1. The Morgan fingerprint density at radius 3 is 2.84 bits per heavy atom. The molecule has 0 spiro atoms. The van der Waals surface area contributed by atoms with E-state index in [-0.39, 0.29) is 5.91 Å². The summed E-state index contributed by atoms with van der Waals surface area (Å²) in [7, 11) is 0. The van der Waals surface area contributed by atoms with Crippen LogP contribution in [0.25, 0.3) is 10.9 Å². The minimum atomic E-state index is 0.260. The number of H-pyrrole nitrogens is 1. The van der Waals surface area contributed by atoms with Crippen LogP contribution in [0.1, 0.15) is 34.4 Å². The topological polar surface area (TPSA) is 36.1 Å². The van der Waals surface area contributed by atoms with Gasteiger partial charge < -0.3 is 9.88 Å². The van der Waals surface area contributed by atoms with E-state index in [1.165, 1.54) is 38.9 Å². The number of rotatable bonds is 3. The summed E-state index contributed by atoms with van der Waals surface area (Å²) in [5.74, 6) is 0.260. The predicted octanol–water partition coefficient (Wildman–Crippen LogP) is 4.30. The van der Waals surface area contributed by atoms with Crippen molar-refractivity contribution in [2.45, 2.75) is 39.7 Å². The molecule has 3 aromatic rings. The first-order valence-corrected chi connectivity index (χ1v) is 9.04. The van der Waals surface area contributed by atoms with E-state index in [4.69, 9.17) is 0 Å². The van der Waals surface area contributed by atoms with Gasteiger partial charge in [-0.3, -0.25) is 4.79 Å². The van der Waals surface area contributed by atoms with Gasteiger partial charge in [0.1, 0.15) is 0 Å². The van der Waals surface area contributed by atoms with Gasteiger partial charge in [0.15, 0.2) is 0 Å². The van der Waals surface area contributed by atoms with Crippen LogP contribution in [0.5, 0.6) is 0 Å². The average molecular weight is 332 g/mol. The maximum Gasteiger partial charge on any atom is 0.223 e. The highest BCUT2D eigenvalue weighted by molar-refractivity contribution is 5.86. The number of amides is 1. The number of benzene rings is 2. The summed E-state index contributed by atoms with van der Waals surface area (Å²) in [5.41, 5.74) is 7.60. The van der Waals surface area contributed by atoms with E-state index in [1.54, 1.807) is 0 Å². The first-order chi connectivity index (χ1) is 12.1. The van der Waals surface area contributed by atoms with E-state index >= 15 is 0 Å². The Morgan fingerprint density at radius 2 is 2.00 bits per heavy atom. The van der Waals surface area contributed by atoms with Crippen molar-refractivity contribution < 1.29 is 4.79 Å². The smallest absolute Gasteiger partial charge is 0.223 e. The SMILES string of the molecule is Cc1ccc(CCC(=O)N2CCc3[nH]c4ccccc4c3C2)c(C)c1. The van der Waals surface area contributed by atoms with Gasteiger partial charge in [-0.15, -0.1) is 0 Å². The van der Waals surface area contributed by atoms with Gasteiger partial charge in [-0.05, 0) is 37.5 Å². The van der Waals surface area contributed by atoms with Crippen LogP contribution in [0.4, 0.5) is 0 Å². The van der Waals surface area contributed by atoms with Crippen LogP contribution >= 0.6 is 0 Å². The van der Waals surface area contributed by atoms with Crippen molar-refractivity contribution in [1.29, 1.82) is 0 Å². The zero-order valence-electron chi connectivity index (χ0n) is 14.9. The number of aromatic nitrogens is 1. The summed E-state index contributed by atoms with van der Waals surface area (Å²) in [6.45, 7) is 5.77. The van der Waals surface area contributed by atoms with Crippen LogP contribution in [0.3, 0.4) is 0 Å². The predicted molar refractivity (Wildman–Crippen MR) is 102 cm³/mol. The zero-order chi connectivity index (χ0) is 17.4. The van der Waals surface area contributed by atoms with Crippen LogP contribution in [-0.4, -0.2) is 22.3 Å². The highest BCUT2D eigenvalue weighted by Crippen LogP contribution is 2.28. The van der Waals surface area contributed by atoms with Gasteiger partial charge in [0.2, 0.25) is 5.91 Å². The number of hydrogen-bond donors (Lipinski definition) is 1. The maximum atomic E-state index is 12.7. The van der Waals surface area contributed by atoms with Crippen molar-refractivity contribution in [2.75, 3.05) is 6.54 Å². The van der Waals surface area contributed by atoms with Crippen LogP contribution in [0.2, 0.25) is 0 Å². The van der Waals surface area contributed by atoms with Gasteiger partial charge in [0.05, 0.1) is 0 Å². The molecule has 0 radical (unpaired) electrons. The van der Waals surface area contributed by atoms with Gasteiger partial charge in [0.25, 0.3) is 0 Å². The fraction of sp³-hybridized carbons (Fsp3) is 0.318. The number of carbonyl (C=O) groups excluding carboxylic acids is 1. The largest absolute Gasteiger partial charge is 0.358 e. The quantitative estimate of drug-likeness (QED) is 0.762. The number of para-hydroxylation sites is 1. The molecule has 0 bridgehead atoms. The molecule has 4 rings (SSSR count). The van der Waals surface area contributed by atoms with E-state index in [9.17, 15) is 4.79 Å². The monoisotopic (exact) mass is 332 g/mol. The first kappa shape index (κ1) is 15.9. The number of carbonyl (C=O) groups is 1. The van der Waals surface area contributed by atoms with Gasteiger partial charge in [-0.2, -0.15) is 0 Å². The molecule has 0 saturated carbocycles. The number of fused-ring (bicyclic) bond motifs is 3. The number of hydrogen-bond acceptors (Lipinski definition) is 1. The second-order valence-corrected chi connectivity index (χ2v) is 7.12. The fourth-order valence-electron chi connectivity index (χ4n) is 3.91. The normalized spacial score (nSPS) is 13.9. The van der Waals surface area contributed by atoms with E-state index in [1.807, 2.05) is 4.90 Å². The maximum absolute atomic E-state index is 12.7. The molecule has 0 saturated heterocycles. The Morgan fingerprint density at radius 1 is 1.16 bits per heavy atom. The van der Waals surface area contributed by atoms with Crippen LogP contribution in [-0.2, 0) is 24.2 Å². The molecular weight excluding hydrogens is 308 g/mol. The standard InChI is InChI=1S/C22H24N2O/c1-15-7-8-17(16(2)13-15)9-10-22(25)24-12-11-21-19(14-24)18-5-3-4-6-20(18)23-21/h3-8,13,23H,9-12,14H2,1-2H3. The molecule has 2 heterocycles. The Labute approximate surface area is 148 Å². The van der Waals surface area contributed by atoms with Crippen LogP contribution in [0.15, 0.2) is 42.5 Å². The molecule has 1 aliphatic rings. The fourth-order valence-corrected chi connectivity index (χ4v) is 3.91. The lowest BCUT2D eigenvalue weighted by Gasteiger charge is -2.27. The summed E-state index contributed by atoms with van der Waals surface area (Å²) >= 11 is 0. The summed E-state index contributed by atoms with van der Waals surface area (Å²) in [5, 5.41) is 1.25. The Kier molecular flexibility index (Phi) is 4.08. The molecule has 3 nitrogen and oxygen atoms in total. The summed E-state index contributed by atoms with van der Waals surface area (Å²) < 4.78 is 0. The summed E-state index contributed by atoms with van der Waals surface area (Å²) in [6.07, 6.45) is 2.32. The molecule has 2 aromatic carbocycles. The zero-order valence-corrected chi connectivity index (χ0v) is 14.9. The molecular formula is C22H24N2O. The lowest BCUT2D eigenvalue weighted by atomic mass is 10.0. The number of nitrogens with zero attached hydrogens (tertiary/aromatic N) is 1. The number of nitrogens with one attached hydrogen (secondary N) is 1. The van der Waals surface area contributed by atoms with Crippen molar-refractivity contribution in [3.05, 3.63) is 70.4 Å². The molecule has 25 heavy (non-hydrogen) atoms. The Hall–Kier alpha value is -2.55. The molecule has 128 valence electrons. The highest BCUT2D eigenvalue weighted by Gasteiger charge is 2.23. The van der Waals surface area contributed by atoms with Crippen molar-refractivity contribution in [3.63, 3.8) is 0 Å². The Bertz CT molecular complexity index is 938. The molecule has 1 aromatic heterocycles. The van der Waals surface area contributed by atoms with Crippen molar-refractivity contribution in [3.8, 4) is 0 Å². The second-order valence-electron chi connectivity index (χ2n) is 7.12. The van der Waals surface area contributed by atoms with E-state index in [0.29, 0.717) is 6.42 Å². The molecule has 1 N–H and O–H groups in total. The van der Waals surface area contributed by atoms with E-state index in [0.717, 1.165) is 25.9 Å². The Balaban J connectivity index is 1.46. The number of aryl methyl sites for hydroxylation is 3. The van der Waals surface area contributed by atoms with Gasteiger partial charge >= 0.3 is 0 Å².